The summed E-state index contributed by atoms with van der Waals surface area (Å²) in [7, 11) is 0. The molecule has 1 atom stereocenters. The molecule has 0 N–H and O–H groups in total. The molecule has 0 fully saturated rings. The van der Waals surface area contributed by atoms with Crippen LogP contribution in [0, 0.1) is 0 Å². The Kier molecular flexibility index (Phi) is 56.4. The highest BCUT2D eigenvalue weighted by atomic mass is 16.6. The van der Waals surface area contributed by atoms with Gasteiger partial charge < -0.3 is 14.2 Å². The van der Waals surface area contributed by atoms with E-state index >= 15 is 0 Å². The lowest BCUT2D eigenvalue weighted by Crippen LogP contribution is -2.30. The zero-order valence-electron chi connectivity index (χ0n) is 45.4. The Balaban J connectivity index is 4.30. The second-order valence-electron chi connectivity index (χ2n) is 19.5. The second kappa shape index (κ2) is 58.7. The summed E-state index contributed by atoms with van der Waals surface area (Å²) < 4.78 is 17.5. The SMILES string of the molecule is CC/C=C\C/C=C\C/C=C\C/C=C\CCCCCCCCC(=O)OCC(COCCCCCCCCCC/C=C\CCCCCCCC)OC(=O)CCCCCCC/C=C\CCCCCCCC. The third-order valence-electron chi connectivity index (χ3n) is 12.7. The minimum atomic E-state index is -0.551. The van der Waals surface area contributed by atoms with E-state index in [0.29, 0.717) is 19.4 Å². The molecule has 0 spiro atoms. The van der Waals surface area contributed by atoms with Gasteiger partial charge in [-0.25, -0.2) is 0 Å². The number of esters is 2. The molecule has 0 heterocycles. The maximum atomic E-state index is 12.9. The highest BCUT2D eigenvalue weighted by Gasteiger charge is 2.17. The molecule has 0 aromatic carbocycles. The maximum absolute atomic E-state index is 12.9. The third-order valence-corrected chi connectivity index (χ3v) is 12.7. The number of allylic oxidation sites excluding steroid dienone is 12. The Morgan fingerprint density at radius 1 is 0.338 bits per heavy atom. The van der Waals surface area contributed by atoms with Crippen molar-refractivity contribution in [3.05, 3.63) is 72.9 Å². The van der Waals surface area contributed by atoms with E-state index in [0.717, 1.165) is 89.9 Å². The predicted octanol–water partition coefficient (Wildman–Crippen LogP) is 20.2. The molecule has 0 radical (unpaired) electrons. The molecule has 0 saturated carbocycles. The summed E-state index contributed by atoms with van der Waals surface area (Å²) in [5.41, 5.74) is 0. The largest absolute Gasteiger partial charge is 0.462 e. The number of ether oxygens (including phenoxy) is 3. The van der Waals surface area contributed by atoms with Gasteiger partial charge in [-0.3, -0.25) is 9.59 Å². The first kappa shape index (κ1) is 65.3. The molecule has 394 valence electrons. The van der Waals surface area contributed by atoms with Crippen LogP contribution in [0.25, 0.3) is 0 Å². The van der Waals surface area contributed by atoms with E-state index in [4.69, 9.17) is 14.2 Å². The van der Waals surface area contributed by atoms with Crippen LogP contribution >= 0.6 is 0 Å². The van der Waals surface area contributed by atoms with Crippen LogP contribution in [0.5, 0.6) is 0 Å². The van der Waals surface area contributed by atoms with Crippen LogP contribution in [-0.2, 0) is 23.8 Å². The van der Waals surface area contributed by atoms with Gasteiger partial charge >= 0.3 is 11.9 Å². The molecule has 0 saturated heterocycles. The summed E-state index contributed by atoms with van der Waals surface area (Å²) in [5, 5.41) is 0. The van der Waals surface area contributed by atoms with Gasteiger partial charge in [0.15, 0.2) is 6.10 Å². The summed E-state index contributed by atoms with van der Waals surface area (Å²) >= 11 is 0. The quantitative estimate of drug-likeness (QED) is 0.0345. The van der Waals surface area contributed by atoms with Crippen LogP contribution in [0.1, 0.15) is 290 Å². The fraction of sp³-hybridized carbons (Fsp3) is 0.778. The Labute approximate surface area is 423 Å². The normalized spacial score (nSPS) is 12.7. The van der Waals surface area contributed by atoms with Crippen molar-refractivity contribution in [1.82, 2.24) is 0 Å². The molecule has 0 aromatic rings. The molecule has 0 aliphatic rings. The van der Waals surface area contributed by atoms with Crippen LogP contribution in [0.15, 0.2) is 72.9 Å². The second-order valence-corrected chi connectivity index (χ2v) is 19.5. The zero-order chi connectivity index (χ0) is 49.2. The number of unbranched alkanes of at least 4 members (excludes halogenated alkanes) is 31. The van der Waals surface area contributed by atoms with Crippen molar-refractivity contribution in [1.29, 1.82) is 0 Å². The Hall–Kier alpha value is -2.66. The van der Waals surface area contributed by atoms with Crippen molar-refractivity contribution in [2.24, 2.45) is 0 Å². The molecule has 5 nitrogen and oxygen atoms in total. The number of hydrogen-bond donors (Lipinski definition) is 0. The first-order chi connectivity index (χ1) is 33.6. The molecule has 0 aliphatic carbocycles. The molecule has 68 heavy (non-hydrogen) atoms. The molecule has 0 aliphatic heterocycles. The Bertz CT molecular complexity index is 1210. The average Bonchev–Trinajstić information content (AvgIpc) is 3.34. The number of carbonyl (C=O) groups is 2. The van der Waals surface area contributed by atoms with Crippen LogP contribution in [0.3, 0.4) is 0 Å². The summed E-state index contributed by atoms with van der Waals surface area (Å²) in [6, 6.07) is 0. The van der Waals surface area contributed by atoms with Gasteiger partial charge in [0.1, 0.15) is 6.61 Å². The van der Waals surface area contributed by atoms with E-state index in [1.54, 1.807) is 0 Å². The summed E-state index contributed by atoms with van der Waals surface area (Å²) in [4.78, 5) is 25.5. The fourth-order valence-electron chi connectivity index (χ4n) is 8.32. The molecule has 0 rings (SSSR count). The van der Waals surface area contributed by atoms with Crippen LogP contribution in [-0.4, -0.2) is 37.9 Å². The monoisotopic (exact) mass is 949 g/mol. The fourth-order valence-corrected chi connectivity index (χ4v) is 8.32. The van der Waals surface area contributed by atoms with Gasteiger partial charge in [0.25, 0.3) is 0 Å². The molecule has 0 aromatic heterocycles. The van der Waals surface area contributed by atoms with E-state index in [1.165, 1.54) is 167 Å². The van der Waals surface area contributed by atoms with Crippen LogP contribution in [0.2, 0.25) is 0 Å². The number of hydrogen-bond acceptors (Lipinski definition) is 5. The van der Waals surface area contributed by atoms with E-state index < -0.39 is 6.10 Å². The van der Waals surface area contributed by atoms with Crippen LogP contribution in [0.4, 0.5) is 0 Å². The van der Waals surface area contributed by atoms with Gasteiger partial charge in [0.05, 0.1) is 6.61 Å². The van der Waals surface area contributed by atoms with Crippen molar-refractivity contribution in [3.8, 4) is 0 Å². The third kappa shape index (κ3) is 55.9. The predicted molar refractivity (Wildman–Crippen MR) is 297 cm³/mol. The lowest BCUT2D eigenvalue weighted by molar-refractivity contribution is -0.163. The van der Waals surface area contributed by atoms with E-state index in [1.807, 2.05) is 0 Å². The standard InChI is InChI=1S/C63H112O5/c1-4-7-10-13-16-19-22-25-28-30-32-33-36-38-41-44-47-50-53-56-62(64)67-60-61(68-63(65)57-54-51-48-45-42-39-35-27-24-21-18-15-12-9-6-3)59-66-58-55-52-49-46-43-40-37-34-31-29-26-23-20-17-14-11-8-5-2/h7,10,16,19,25-29,32-33,35,61H,4-6,8-9,11-15,17-18,20-24,30-31,34,36-60H2,1-3H3/b10-7-,19-16-,28-25-,29-26-,33-32-,35-27-. The first-order valence-corrected chi connectivity index (χ1v) is 29.5. The van der Waals surface area contributed by atoms with E-state index in [2.05, 4.69) is 93.7 Å². The minimum Gasteiger partial charge on any atom is -0.462 e. The van der Waals surface area contributed by atoms with Gasteiger partial charge in [-0.05, 0) is 109 Å². The summed E-state index contributed by atoms with van der Waals surface area (Å²) in [5.74, 6) is -0.416. The Morgan fingerprint density at radius 2 is 0.662 bits per heavy atom. The number of carbonyl (C=O) groups excluding carboxylic acids is 2. The highest BCUT2D eigenvalue weighted by molar-refractivity contribution is 5.70. The molecule has 5 heteroatoms. The molecular weight excluding hydrogens is 837 g/mol. The summed E-state index contributed by atoms with van der Waals surface area (Å²) in [6.07, 6.45) is 76.4. The molecular formula is C63H112O5. The van der Waals surface area contributed by atoms with Crippen molar-refractivity contribution >= 4 is 11.9 Å². The maximum Gasteiger partial charge on any atom is 0.306 e. The van der Waals surface area contributed by atoms with Gasteiger partial charge in [-0.2, -0.15) is 0 Å². The topological polar surface area (TPSA) is 61.8 Å². The highest BCUT2D eigenvalue weighted by Crippen LogP contribution is 2.15. The van der Waals surface area contributed by atoms with E-state index in [9.17, 15) is 9.59 Å². The zero-order valence-corrected chi connectivity index (χ0v) is 45.4. The average molecular weight is 950 g/mol. The minimum absolute atomic E-state index is 0.0726. The van der Waals surface area contributed by atoms with Gasteiger partial charge in [0, 0.05) is 19.4 Å². The van der Waals surface area contributed by atoms with Gasteiger partial charge in [-0.15, -0.1) is 0 Å². The lowest BCUT2D eigenvalue weighted by Gasteiger charge is -2.18. The van der Waals surface area contributed by atoms with Gasteiger partial charge in [0.2, 0.25) is 0 Å². The Morgan fingerprint density at radius 3 is 1.07 bits per heavy atom. The molecule has 0 amide bonds. The number of rotatable bonds is 54. The van der Waals surface area contributed by atoms with Crippen molar-refractivity contribution in [3.63, 3.8) is 0 Å². The van der Waals surface area contributed by atoms with Crippen molar-refractivity contribution < 1.29 is 23.8 Å². The molecule has 1 unspecified atom stereocenters. The summed E-state index contributed by atoms with van der Waals surface area (Å²) in [6.45, 7) is 7.71. The smallest absolute Gasteiger partial charge is 0.306 e. The van der Waals surface area contributed by atoms with Crippen molar-refractivity contribution in [2.75, 3.05) is 19.8 Å². The van der Waals surface area contributed by atoms with Crippen LogP contribution < -0.4 is 0 Å². The van der Waals surface area contributed by atoms with Gasteiger partial charge in [-0.1, -0.05) is 241 Å². The van der Waals surface area contributed by atoms with Crippen molar-refractivity contribution in [2.45, 2.75) is 297 Å². The van der Waals surface area contributed by atoms with E-state index in [-0.39, 0.29) is 25.2 Å². The first-order valence-electron chi connectivity index (χ1n) is 29.5. The lowest BCUT2D eigenvalue weighted by atomic mass is 10.1. The molecule has 0 bridgehead atoms.